The smallest absolute Gasteiger partial charge is 0.238 e. The number of carbonyl (C=O) groups is 1. The number of nitrogens with one attached hydrogen (secondary N) is 1. The Morgan fingerprint density at radius 3 is 3.05 bits per heavy atom. The monoisotopic (exact) mass is 287 g/mol. The van der Waals surface area contributed by atoms with Gasteiger partial charge in [-0.3, -0.25) is 9.48 Å². The highest BCUT2D eigenvalue weighted by molar-refractivity contribution is 5.89. The standard InChI is InChI=1S/C13H13N5O3/c1-18-7-6-10(16-18)14-11(19)4-5-12-15-13(17-21-12)9-3-2-8-20-9/h2-3,6-8H,4-5H2,1H3,(H,14,16,19). The lowest BCUT2D eigenvalue weighted by molar-refractivity contribution is -0.116. The summed E-state index contributed by atoms with van der Waals surface area (Å²) in [4.78, 5) is 15.9. The minimum Gasteiger partial charge on any atom is -0.461 e. The van der Waals surface area contributed by atoms with Crippen LogP contribution in [0.5, 0.6) is 0 Å². The molecule has 0 aromatic carbocycles. The number of nitrogens with zero attached hydrogens (tertiary/aromatic N) is 4. The fraction of sp³-hybridized carbons (Fsp3) is 0.231. The Morgan fingerprint density at radius 1 is 1.43 bits per heavy atom. The van der Waals surface area contributed by atoms with Crippen molar-refractivity contribution in [3.8, 4) is 11.6 Å². The van der Waals surface area contributed by atoms with Crippen molar-refractivity contribution in [3.63, 3.8) is 0 Å². The van der Waals surface area contributed by atoms with Gasteiger partial charge in [-0.05, 0) is 12.1 Å². The molecule has 21 heavy (non-hydrogen) atoms. The quantitative estimate of drug-likeness (QED) is 0.765. The number of anilines is 1. The Morgan fingerprint density at radius 2 is 2.33 bits per heavy atom. The first-order valence-electron chi connectivity index (χ1n) is 6.36. The molecule has 8 nitrogen and oxygen atoms in total. The number of furan rings is 1. The first kappa shape index (κ1) is 13.1. The van der Waals surface area contributed by atoms with Crippen LogP contribution in [-0.4, -0.2) is 25.8 Å². The molecule has 0 spiro atoms. The van der Waals surface area contributed by atoms with Gasteiger partial charge in [0.25, 0.3) is 0 Å². The summed E-state index contributed by atoms with van der Waals surface area (Å²) in [5.41, 5.74) is 0. The molecule has 0 fully saturated rings. The number of rotatable bonds is 5. The highest BCUT2D eigenvalue weighted by Crippen LogP contribution is 2.16. The summed E-state index contributed by atoms with van der Waals surface area (Å²) >= 11 is 0. The molecule has 3 aromatic heterocycles. The maximum Gasteiger partial charge on any atom is 0.238 e. The summed E-state index contributed by atoms with van der Waals surface area (Å²) in [6, 6.07) is 5.20. The molecule has 0 atom stereocenters. The van der Waals surface area contributed by atoms with Crippen molar-refractivity contribution in [2.45, 2.75) is 12.8 Å². The lowest BCUT2D eigenvalue weighted by atomic mass is 10.3. The minimum atomic E-state index is -0.161. The summed E-state index contributed by atoms with van der Waals surface area (Å²) < 4.78 is 11.9. The summed E-state index contributed by atoms with van der Waals surface area (Å²) in [5.74, 6) is 1.65. The number of hydrogen-bond acceptors (Lipinski definition) is 6. The second kappa shape index (κ2) is 5.61. The maximum atomic E-state index is 11.8. The van der Waals surface area contributed by atoms with E-state index in [1.165, 1.54) is 6.26 Å². The van der Waals surface area contributed by atoms with Crippen LogP contribution < -0.4 is 5.32 Å². The van der Waals surface area contributed by atoms with E-state index in [9.17, 15) is 4.79 Å². The minimum absolute atomic E-state index is 0.161. The predicted molar refractivity (Wildman–Crippen MR) is 72.2 cm³/mol. The lowest BCUT2D eigenvalue weighted by Gasteiger charge is -1.99. The van der Waals surface area contributed by atoms with Gasteiger partial charge in [0.1, 0.15) is 0 Å². The van der Waals surface area contributed by atoms with Gasteiger partial charge in [0.05, 0.1) is 6.26 Å². The molecule has 0 aliphatic carbocycles. The van der Waals surface area contributed by atoms with Gasteiger partial charge in [0.15, 0.2) is 11.6 Å². The van der Waals surface area contributed by atoms with Crippen molar-refractivity contribution in [2.24, 2.45) is 7.05 Å². The molecular formula is C13H13N5O3. The normalized spacial score (nSPS) is 10.7. The third kappa shape index (κ3) is 3.16. The van der Waals surface area contributed by atoms with E-state index in [1.54, 1.807) is 36.1 Å². The van der Waals surface area contributed by atoms with E-state index in [0.717, 1.165) is 0 Å². The zero-order valence-corrected chi connectivity index (χ0v) is 11.3. The van der Waals surface area contributed by atoms with Gasteiger partial charge in [0, 0.05) is 32.2 Å². The molecule has 1 N–H and O–H groups in total. The van der Waals surface area contributed by atoms with Gasteiger partial charge < -0.3 is 14.3 Å². The molecule has 3 heterocycles. The van der Waals surface area contributed by atoms with E-state index in [4.69, 9.17) is 8.94 Å². The van der Waals surface area contributed by atoms with Crippen LogP contribution in [0.15, 0.2) is 39.6 Å². The van der Waals surface area contributed by atoms with Crippen LogP contribution in [0.2, 0.25) is 0 Å². The predicted octanol–water partition coefficient (Wildman–Crippen LogP) is 1.63. The third-order valence-corrected chi connectivity index (χ3v) is 2.76. The Balaban J connectivity index is 1.54. The van der Waals surface area contributed by atoms with Crippen LogP contribution in [0, 0.1) is 0 Å². The summed E-state index contributed by atoms with van der Waals surface area (Å²) in [5, 5.41) is 10.5. The van der Waals surface area contributed by atoms with Crippen molar-refractivity contribution >= 4 is 11.7 Å². The number of aryl methyl sites for hydroxylation is 2. The van der Waals surface area contributed by atoms with E-state index >= 15 is 0 Å². The maximum absolute atomic E-state index is 11.8. The zero-order chi connectivity index (χ0) is 14.7. The molecule has 0 aliphatic rings. The van der Waals surface area contributed by atoms with Gasteiger partial charge in [-0.1, -0.05) is 5.16 Å². The van der Waals surface area contributed by atoms with Crippen LogP contribution in [0.3, 0.4) is 0 Å². The number of aromatic nitrogens is 4. The second-order valence-corrected chi connectivity index (χ2v) is 4.41. The lowest BCUT2D eigenvalue weighted by Crippen LogP contribution is -2.13. The van der Waals surface area contributed by atoms with Crippen molar-refractivity contribution in [2.75, 3.05) is 5.32 Å². The molecular weight excluding hydrogens is 274 g/mol. The molecule has 0 saturated heterocycles. The topological polar surface area (TPSA) is 99.0 Å². The molecule has 0 saturated carbocycles. The van der Waals surface area contributed by atoms with Crippen molar-refractivity contribution in [3.05, 3.63) is 36.5 Å². The molecule has 3 rings (SSSR count). The third-order valence-electron chi connectivity index (χ3n) is 2.76. The van der Waals surface area contributed by atoms with E-state index in [2.05, 4.69) is 20.6 Å². The highest BCUT2D eigenvalue weighted by Gasteiger charge is 2.12. The van der Waals surface area contributed by atoms with E-state index in [0.29, 0.717) is 29.7 Å². The Labute approximate surface area is 119 Å². The van der Waals surface area contributed by atoms with Crippen LogP contribution in [0.25, 0.3) is 11.6 Å². The molecule has 1 amide bonds. The largest absolute Gasteiger partial charge is 0.461 e. The van der Waals surface area contributed by atoms with E-state index < -0.39 is 0 Å². The van der Waals surface area contributed by atoms with Gasteiger partial charge >= 0.3 is 0 Å². The highest BCUT2D eigenvalue weighted by atomic mass is 16.5. The van der Waals surface area contributed by atoms with Crippen LogP contribution in [0.1, 0.15) is 12.3 Å². The molecule has 8 heteroatoms. The first-order chi connectivity index (χ1) is 10.2. The molecule has 0 unspecified atom stereocenters. The fourth-order valence-electron chi connectivity index (χ4n) is 1.77. The van der Waals surface area contributed by atoms with Crippen molar-refractivity contribution in [1.82, 2.24) is 19.9 Å². The first-order valence-corrected chi connectivity index (χ1v) is 6.36. The van der Waals surface area contributed by atoms with Gasteiger partial charge in [-0.2, -0.15) is 10.1 Å². The van der Waals surface area contributed by atoms with E-state index in [-0.39, 0.29) is 12.3 Å². The summed E-state index contributed by atoms with van der Waals surface area (Å²) in [6.07, 6.45) is 3.87. The summed E-state index contributed by atoms with van der Waals surface area (Å²) in [7, 11) is 1.78. The number of carbonyl (C=O) groups excluding carboxylic acids is 1. The zero-order valence-electron chi connectivity index (χ0n) is 11.3. The second-order valence-electron chi connectivity index (χ2n) is 4.41. The summed E-state index contributed by atoms with van der Waals surface area (Å²) in [6.45, 7) is 0. The molecule has 0 radical (unpaired) electrons. The molecule has 0 bridgehead atoms. The van der Waals surface area contributed by atoms with Crippen LogP contribution in [0.4, 0.5) is 5.82 Å². The molecule has 3 aromatic rings. The van der Waals surface area contributed by atoms with Crippen molar-refractivity contribution < 1.29 is 13.7 Å². The van der Waals surface area contributed by atoms with E-state index in [1.807, 2.05) is 0 Å². The fourth-order valence-corrected chi connectivity index (χ4v) is 1.77. The average molecular weight is 287 g/mol. The number of amides is 1. The Kier molecular flexibility index (Phi) is 3.50. The SMILES string of the molecule is Cn1ccc(NC(=O)CCc2nc(-c3ccco3)no2)n1. The van der Waals surface area contributed by atoms with Gasteiger partial charge in [0.2, 0.25) is 17.6 Å². The van der Waals surface area contributed by atoms with Crippen molar-refractivity contribution in [1.29, 1.82) is 0 Å². The van der Waals surface area contributed by atoms with Gasteiger partial charge in [-0.25, -0.2) is 0 Å². The average Bonchev–Trinajstić information content (AvgIpc) is 3.17. The van der Waals surface area contributed by atoms with Crippen LogP contribution in [-0.2, 0) is 18.3 Å². The van der Waals surface area contributed by atoms with Gasteiger partial charge in [-0.15, -0.1) is 0 Å². The molecule has 0 aliphatic heterocycles. The number of hydrogen-bond donors (Lipinski definition) is 1. The van der Waals surface area contributed by atoms with Crippen LogP contribution >= 0.6 is 0 Å². The Bertz CT molecular complexity index is 729. The molecule has 108 valence electrons. The Hall–Kier alpha value is -2.90.